The first-order chi connectivity index (χ1) is 8.61. The highest BCUT2D eigenvalue weighted by Crippen LogP contribution is 2.25. The molecule has 0 aliphatic heterocycles. The van der Waals surface area contributed by atoms with E-state index in [1.807, 2.05) is 0 Å². The van der Waals surface area contributed by atoms with E-state index >= 15 is 0 Å². The zero-order valence-electron chi connectivity index (χ0n) is 9.21. The second-order valence-electron chi connectivity index (χ2n) is 3.66. The molecule has 0 radical (unpaired) electrons. The van der Waals surface area contributed by atoms with Gasteiger partial charge < -0.3 is 15.4 Å². The average Bonchev–Trinajstić information content (AvgIpc) is 2.35. The third kappa shape index (κ3) is 2.38. The van der Waals surface area contributed by atoms with Crippen LogP contribution in [-0.4, -0.2) is 21.1 Å². The van der Waals surface area contributed by atoms with E-state index < -0.39 is 0 Å². The van der Waals surface area contributed by atoms with Gasteiger partial charge in [-0.3, -0.25) is 0 Å². The lowest BCUT2D eigenvalue weighted by Crippen LogP contribution is -2.03. The van der Waals surface area contributed by atoms with Gasteiger partial charge in [0.25, 0.3) is 0 Å². The van der Waals surface area contributed by atoms with Crippen LogP contribution in [0.5, 0.6) is 11.5 Å². The molecule has 2 aromatic rings. The number of phenols is 2. The lowest BCUT2D eigenvalue weighted by Gasteiger charge is -2.07. The van der Waals surface area contributed by atoms with Crippen molar-refractivity contribution in [3.8, 4) is 11.5 Å². The Morgan fingerprint density at radius 1 is 1.00 bits per heavy atom. The molecule has 3 N–H and O–H groups in total. The highest BCUT2D eigenvalue weighted by molar-refractivity contribution is 6.30. The smallest absolute Gasteiger partial charge is 0.128 e. The van der Waals surface area contributed by atoms with Gasteiger partial charge in [-0.2, -0.15) is 0 Å². The van der Waals surface area contributed by atoms with Gasteiger partial charge in [0, 0.05) is 22.2 Å². The molecular formula is C13H10ClNO3. The third-order valence-electron chi connectivity index (χ3n) is 2.45. The first-order valence-corrected chi connectivity index (χ1v) is 5.50. The van der Waals surface area contributed by atoms with Crippen LogP contribution in [0.3, 0.4) is 0 Å². The van der Waals surface area contributed by atoms with Crippen molar-refractivity contribution >= 4 is 17.3 Å². The Hall–Kier alpha value is -2.20. The van der Waals surface area contributed by atoms with Gasteiger partial charge in [0.1, 0.15) is 17.2 Å². The molecule has 0 saturated carbocycles. The van der Waals surface area contributed by atoms with E-state index in [2.05, 4.69) is 5.16 Å². The van der Waals surface area contributed by atoms with Gasteiger partial charge in [-0.25, -0.2) is 0 Å². The molecule has 4 nitrogen and oxygen atoms in total. The van der Waals surface area contributed by atoms with E-state index in [-0.39, 0.29) is 17.2 Å². The van der Waals surface area contributed by atoms with Gasteiger partial charge in [-0.05, 0) is 24.3 Å². The summed E-state index contributed by atoms with van der Waals surface area (Å²) in [4.78, 5) is 0. The largest absolute Gasteiger partial charge is 0.508 e. The van der Waals surface area contributed by atoms with Gasteiger partial charge in [-0.15, -0.1) is 0 Å². The minimum Gasteiger partial charge on any atom is -0.508 e. The molecule has 0 unspecified atom stereocenters. The van der Waals surface area contributed by atoms with Crippen LogP contribution in [-0.2, 0) is 0 Å². The lowest BCUT2D eigenvalue weighted by molar-refractivity contribution is 0.319. The summed E-state index contributed by atoms with van der Waals surface area (Å²) in [5, 5.41) is 31.8. The molecule has 0 spiro atoms. The van der Waals surface area contributed by atoms with Crippen LogP contribution in [0.1, 0.15) is 11.1 Å². The third-order valence-corrected chi connectivity index (χ3v) is 2.71. The van der Waals surface area contributed by atoms with E-state index in [9.17, 15) is 10.2 Å². The number of nitrogens with zero attached hydrogens (tertiary/aromatic N) is 1. The van der Waals surface area contributed by atoms with Gasteiger partial charge in [0.15, 0.2) is 0 Å². The number of aromatic hydroxyl groups is 2. The first kappa shape index (κ1) is 12.3. The minimum atomic E-state index is -0.169. The van der Waals surface area contributed by atoms with Crippen molar-refractivity contribution < 1.29 is 15.4 Å². The Labute approximate surface area is 108 Å². The van der Waals surface area contributed by atoms with Gasteiger partial charge >= 0.3 is 0 Å². The van der Waals surface area contributed by atoms with E-state index in [0.717, 1.165) is 0 Å². The Morgan fingerprint density at radius 3 is 2.22 bits per heavy atom. The number of rotatable bonds is 2. The predicted octanol–water partition coefficient (Wildman–Crippen LogP) is 2.98. The normalized spacial score (nSPS) is 11.5. The molecule has 0 saturated heterocycles. The topological polar surface area (TPSA) is 73.1 Å². The molecule has 0 fully saturated rings. The Balaban J connectivity index is 2.49. The van der Waals surface area contributed by atoms with Crippen LogP contribution < -0.4 is 0 Å². The van der Waals surface area contributed by atoms with E-state index in [4.69, 9.17) is 16.8 Å². The zero-order chi connectivity index (χ0) is 13.1. The molecule has 2 rings (SSSR count). The maximum atomic E-state index is 9.73. The average molecular weight is 264 g/mol. The number of benzene rings is 2. The molecule has 0 aromatic heterocycles. The minimum absolute atomic E-state index is 0.0651. The standard InChI is InChI=1S/C13H10ClNO3/c14-9-3-1-8(2-4-9)13(15-18)11-6-5-10(16)7-12(11)17/h1-7,16-18H. The molecule has 92 valence electrons. The molecule has 0 atom stereocenters. The van der Waals surface area contributed by atoms with Gasteiger partial charge in [0.2, 0.25) is 0 Å². The highest BCUT2D eigenvalue weighted by atomic mass is 35.5. The molecule has 18 heavy (non-hydrogen) atoms. The van der Waals surface area contributed by atoms with Gasteiger partial charge in [-0.1, -0.05) is 28.9 Å². The summed E-state index contributed by atoms with van der Waals surface area (Å²) >= 11 is 5.77. The predicted molar refractivity (Wildman–Crippen MR) is 68.6 cm³/mol. The highest BCUT2D eigenvalue weighted by Gasteiger charge is 2.12. The summed E-state index contributed by atoms with van der Waals surface area (Å²) < 4.78 is 0. The second-order valence-corrected chi connectivity index (χ2v) is 4.09. The maximum Gasteiger partial charge on any atom is 0.128 e. The first-order valence-electron chi connectivity index (χ1n) is 5.12. The van der Waals surface area contributed by atoms with Crippen LogP contribution in [0, 0.1) is 0 Å². The lowest BCUT2D eigenvalue weighted by atomic mass is 10.0. The summed E-state index contributed by atoms with van der Waals surface area (Å²) in [6, 6.07) is 10.7. The van der Waals surface area contributed by atoms with E-state index in [0.29, 0.717) is 16.1 Å². The van der Waals surface area contributed by atoms with Crippen molar-refractivity contribution in [2.45, 2.75) is 0 Å². The van der Waals surface area contributed by atoms with Crippen molar-refractivity contribution in [2.24, 2.45) is 5.16 Å². The second kappa shape index (κ2) is 4.98. The van der Waals surface area contributed by atoms with E-state index in [1.165, 1.54) is 18.2 Å². The molecule has 0 heterocycles. The Kier molecular flexibility index (Phi) is 3.39. The fourth-order valence-electron chi connectivity index (χ4n) is 1.60. The number of halogens is 1. The molecular weight excluding hydrogens is 254 g/mol. The van der Waals surface area contributed by atoms with Crippen molar-refractivity contribution in [1.29, 1.82) is 0 Å². The van der Waals surface area contributed by atoms with Crippen molar-refractivity contribution in [1.82, 2.24) is 0 Å². The summed E-state index contributed by atoms with van der Waals surface area (Å²) in [6.45, 7) is 0. The number of hydrogen-bond acceptors (Lipinski definition) is 4. The summed E-state index contributed by atoms with van der Waals surface area (Å²) in [5.74, 6) is -0.234. The number of hydrogen-bond donors (Lipinski definition) is 3. The SMILES string of the molecule is ON=C(c1ccc(Cl)cc1)c1ccc(O)cc1O. The summed E-state index contributed by atoms with van der Waals surface area (Å²) in [5.41, 5.74) is 1.12. The summed E-state index contributed by atoms with van der Waals surface area (Å²) in [7, 11) is 0. The number of phenolic OH excluding ortho intramolecular Hbond substituents is 2. The maximum absolute atomic E-state index is 9.73. The Bertz CT molecular complexity index is 594. The molecule has 0 aliphatic carbocycles. The van der Waals surface area contributed by atoms with Crippen LogP contribution in [0.25, 0.3) is 0 Å². The quantitative estimate of drug-likeness (QED) is 0.443. The van der Waals surface area contributed by atoms with Crippen LogP contribution >= 0.6 is 11.6 Å². The Morgan fingerprint density at radius 2 is 1.67 bits per heavy atom. The van der Waals surface area contributed by atoms with Gasteiger partial charge in [0.05, 0.1) is 0 Å². The fraction of sp³-hybridized carbons (Fsp3) is 0. The molecule has 0 aliphatic rings. The zero-order valence-corrected chi connectivity index (χ0v) is 9.96. The molecule has 2 aromatic carbocycles. The van der Waals surface area contributed by atoms with Crippen LogP contribution in [0.15, 0.2) is 47.6 Å². The number of oxime groups is 1. The van der Waals surface area contributed by atoms with Crippen molar-refractivity contribution in [3.63, 3.8) is 0 Å². The van der Waals surface area contributed by atoms with Crippen molar-refractivity contribution in [2.75, 3.05) is 0 Å². The van der Waals surface area contributed by atoms with Crippen molar-refractivity contribution in [3.05, 3.63) is 58.6 Å². The summed E-state index contributed by atoms with van der Waals surface area (Å²) in [6.07, 6.45) is 0. The van der Waals surface area contributed by atoms with Crippen LogP contribution in [0.2, 0.25) is 5.02 Å². The molecule has 0 amide bonds. The van der Waals surface area contributed by atoms with Crippen LogP contribution in [0.4, 0.5) is 0 Å². The molecule has 5 heteroatoms. The fourth-order valence-corrected chi connectivity index (χ4v) is 1.72. The monoisotopic (exact) mass is 263 g/mol. The van der Waals surface area contributed by atoms with E-state index in [1.54, 1.807) is 24.3 Å². The molecule has 0 bridgehead atoms.